The molecule has 5 nitrogen and oxygen atoms in total. The summed E-state index contributed by atoms with van der Waals surface area (Å²) >= 11 is 0. The van der Waals surface area contributed by atoms with Crippen molar-refractivity contribution in [3.05, 3.63) is 34.6 Å². The summed E-state index contributed by atoms with van der Waals surface area (Å²) in [6, 6.07) is 2.86. The highest BCUT2D eigenvalue weighted by atomic mass is 19.1. The highest BCUT2D eigenvalue weighted by Gasteiger charge is 2.37. The van der Waals surface area contributed by atoms with E-state index in [1.165, 1.54) is 6.07 Å². The van der Waals surface area contributed by atoms with Crippen LogP contribution < -0.4 is 5.48 Å². The van der Waals surface area contributed by atoms with E-state index < -0.39 is 5.91 Å². The van der Waals surface area contributed by atoms with Crippen molar-refractivity contribution in [3.8, 4) is 0 Å². The van der Waals surface area contributed by atoms with Crippen LogP contribution in [-0.2, 0) is 17.7 Å². The summed E-state index contributed by atoms with van der Waals surface area (Å²) in [5, 5.41) is 8.73. The summed E-state index contributed by atoms with van der Waals surface area (Å²) in [7, 11) is 0. The first-order chi connectivity index (χ1) is 10.4. The van der Waals surface area contributed by atoms with Crippen molar-refractivity contribution in [2.24, 2.45) is 5.92 Å². The summed E-state index contributed by atoms with van der Waals surface area (Å²) in [6.07, 6.45) is 0.600. The average molecular weight is 308 g/mol. The van der Waals surface area contributed by atoms with Crippen molar-refractivity contribution >= 4 is 5.91 Å². The molecule has 0 spiro atoms. The van der Waals surface area contributed by atoms with E-state index in [4.69, 9.17) is 9.94 Å². The van der Waals surface area contributed by atoms with Crippen molar-refractivity contribution in [1.29, 1.82) is 0 Å². The minimum absolute atomic E-state index is 0.135. The Balaban J connectivity index is 1.90. The SMILES string of the molecule is CC1(C)Cc2c(F)cc(C(=O)NO)cc2CN1CC1COC1. The number of carbonyl (C=O) groups excluding carboxylic acids is 1. The average Bonchev–Trinajstić information content (AvgIpc) is 2.42. The van der Waals surface area contributed by atoms with Gasteiger partial charge >= 0.3 is 0 Å². The molecule has 0 aliphatic carbocycles. The fraction of sp³-hybridized carbons (Fsp3) is 0.562. The molecular weight excluding hydrogens is 287 g/mol. The first-order valence-corrected chi connectivity index (χ1v) is 7.49. The number of benzene rings is 1. The molecule has 6 heteroatoms. The smallest absolute Gasteiger partial charge is 0.274 e. The maximum Gasteiger partial charge on any atom is 0.274 e. The third kappa shape index (κ3) is 2.74. The fourth-order valence-corrected chi connectivity index (χ4v) is 3.21. The number of ether oxygens (including phenoxy) is 1. The number of nitrogens with zero attached hydrogens (tertiary/aromatic N) is 1. The molecule has 22 heavy (non-hydrogen) atoms. The lowest BCUT2D eigenvalue weighted by molar-refractivity contribution is -0.0631. The fourth-order valence-electron chi connectivity index (χ4n) is 3.21. The van der Waals surface area contributed by atoms with Crippen LogP contribution in [0.2, 0.25) is 0 Å². The molecule has 0 atom stereocenters. The van der Waals surface area contributed by atoms with Crippen LogP contribution in [-0.4, -0.2) is 41.3 Å². The number of hydrogen-bond acceptors (Lipinski definition) is 4. The second kappa shape index (κ2) is 5.61. The number of nitrogens with one attached hydrogen (secondary N) is 1. The Labute approximate surface area is 129 Å². The van der Waals surface area contributed by atoms with E-state index in [-0.39, 0.29) is 16.9 Å². The summed E-state index contributed by atoms with van der Waals surface area (Å²) in [5.74, 6) is -0.545. The van der Waals surface area contributed by atoms with Gasteiger partial charge in [0.1, 0.15) is 5.82 Å². The van der Waals surface area contributed by atoms with Crippen LogP contribution >= 0.6 is 0 Å². The van der Waals surface area contributed by atoms with Gasteiger partial charge in [-0.1, -0.05) is 0 Å². The van der Waals surface area contributed by atoms with E-state index in [0.717, 1.165) is 25.3 Å². The van der Waals surface area contributed by atoms with Crippen LogP contribution in [0.4, 0.5) is 4.39 Å². The van der Waals surface area contributed by atoms with E-state index in [1.54, 1.807) is 11.5 Å². The van der Waals surface area contributed by atoms with Gasteiger partial charge in [0.05, 0.1) is 13.2 Å². The van der Waals surface area contributed by atoms with Crippen LogP contribution in [0.1, 0.15) is 35.3 Å². The van der Waals surface area contributed by atoms with Crippen LogP contribution in [0, 0.1) is 11.7 Å². The third-order valence-corrected chi connectivity index (χ3v) is 4.66. The Kier molecular flexibility index (Phi) is 3.92. The highest BCUT2D eigenvalue weighted by Crippen LogP contribution is 2.34. The van der Waals surface area contributed by atoms with Gasteiger partial charge in [-0.05, 0) is 43.5 Å². The van der Waals surface area contributed by atoms with Gasteiger partial charge in [-0.3, -0.25) is 14.9 Å². The monoisotopic (exact) mass is 308 g/mol. The van der Waals surface area contributed by atoms with Gasteiger partial charge in [0.25, 0.3) is 5.91 Å². The molecule has 1 aromatic carbocycles. The highest BCUT2D eigenvalue weighted by molar-refractivity contribution is 5.93. The number of hydrogen-bond donors (Lipinski definition) is 2. The van der Waals surface area contributed by atoms with Crippen molar-refractivity contribution in [1.82, 2.24) is 10.4 Å². The Morgan fingerprint density at radius 1 is 1.50 bits per heavy atom. The molecule has 1 amide bonds. The summed E-state index contributed by atoms with van der Waals surface area (Å²) in [6.45, 7) is 7.29. The number of carbonyl (C=O) groups is 1. The zero-order chi connectivity index (χ0) is 15.9. The van der Waals surface area contributed by atoms with Gasteiger partial charge < -0.3 is 4.74 Å². The quantitative estimate of drug-likeness (QED) is 0.659. The summed E-state index contributed by atoms with van der Waals surface area (Å²) < 4.78 is 19.6. The molecule has 0 bridgehead atoms. The molecule has 2 heterocycles. The first-order valence-electron chi connectivity index (χ1n) is 7.49. The normalized spacial score (nSPS) is 21.1. The van der Waals surface area contributed by atoms with Crippen molar-refractivity contribution in [2.75, 3.05) is 19.8 Å². The minimum Gasteiger partial charge on any atom is -0.381 e. The van der Waals surface area contributed by atoms with Crippen LogP contribution in [0.25, 0.3) is 0 Å². The van der Waals surface area contributed by atoms with E-state index in [1.807, 2.05) is 0 Å². The Hall–Kier alpha value is -1.50. The van der Waals surface area contributed by atoms with Gasteiger partial charge in [0, 0.05) is 30.1 Å². The molecule has 0 radical (unpaired) electrons. The largest absolute Gasteiger partial charge is 0.381 e. The number of rotatable bonds is 3. The molecule has 1 fully saturated rings. The zero-order valence-electron chi connectivity index (χ0n) is 12.9. The molecule has 3 rings (SSSR count). The summed E-state index contributed by atoms with van der Waals surface area (Å²) in [5.41, 5.74) is 3.05. The van der Waals surface area contributed by atoms with Crippen LogP contribution in [0.5, 0.6) is 0 Å². The standard InChI is InChI=1S/C16H21FN2O3/c1-16(2)5-13-12(7-19(16)6-10-8-22-9-10)3-11(4-14(13)17)15(20)18-21/h3-4,10,21H,5-9H2,1-2H3,(H,18,20). The lowest BCUT2D eigenvalue weighted by atomic mass is 9.83. The second-order valence-electron chi connectivity index (χ2n) is 6.81. The number of halogens is 1. The predicted molar refractivity (Wildman–Crippen MR) is 78.2 cm³/mol. The molecule has 1 aromatic rings. The maximum atomic E-state index is 14.3. The van der Waals surface area contributed by atoms with Gasteiger partial charge in [-0.25, -0.2) is 9.87 Å². The zero-order valence-corrected chi connectivity index (χ0v) is 12.9. The molecule has 2 N–H and O–H groups in total. The van der Waals surface area contributed by atoms with E-state index in [2.05, 4.69) is 18.7 Å². The van der Waals surface area contributed by atoms with Crippen molar-refractivity contribution in [2.45, 2.75) is 32.4 Å². The number of amides is 1. The predicted octanol–water partition coefficient (Wildman–Crippen LogP) is 1.73. The molecule has 120 valence electrons. The lowest BCUT2D eigenvalue weighted by Gasteiger charge is -2.46. The summed E-state index contributed by atoms with van der Waals surface area (Å²) in [4.78, 5) is 13.9. The second-order valence-corrected chi connectivity index (χ2v) is 6.81. The lowest BCUT2D eigenvalue weighted by Crippen LogP contribution is -2.52. The third-order valence-electron chi connectivity index (χ3n) is 4.66. The van der Waals surface area contributed by atoms with E-state index >= 15 is 0 Å². The Bertz CT molecular complexity index is 599. The number of fused-ring (bicyclic) bond motifs is 1. The molecule has 0 aromatic heterocycles. The molecule has 0 unspecified atom stereocenters. The van der Waals surface area contributed by atoms with E-state index in [0.29, 0.717) is 24.4 Å². The molecule has 0 saturated carbocycles. The Morgan fingerprint density at radius 3 is 2.82 bits per heavy atom. The topological polar surface area (TPSA) is 61.8 Å². The van der Waals surface area contributed by atoms with E-state index in [9.17, 15) is 9.18 Å². The van der Waals surface area contributed by atoms with Crippen molar-refractivity contribution in [3.63, 3.8) is 0 Å². The molecule has 2 aliphatic heterocycles. The maximum absolute atomic E-state index is 14.3. The van der Waals surface area contributed by atoms with Crippen LogP contribution in [0.15, 0.2) is 12.1 Å². The minimum atomic E-state index is -0.689. The van der Waals surface area contributed by atoms with Gasteiger partial charge in [-0.2, -0.15) is 0 Å². The molecular formula is C16H21FN2O3. The molecule has 1 saturated heterocycles. The first kappa shape index (κ1) is 15.4. The van der Waals surface area contributed by atoms with Gasteiger partial charge in [0.15, 0.2) is 0 Å². The molecule has 2 aliphatic rings. The van der Waals surface area contributed by atoms with Gasteiger partial charge in [-0.15, -0.1) is 0 Å². The Morgan fingerprint density at radius 2 is 2.23 bits per heavy atom. The number of hydroxylamine groups is 1. The van der Waals surface area contributed by atoms with Crippen LogP contribution in [0.3, 0.4) is 0 Å². The van der Waals surface area contributed by atoms with Crippen molar-refractivity contribution < 1.29 is 19.1 Å². The van der Waals surface area contributed by atoms with Gasteiger partial charge in [0.2, 0.25) is 0 Å².